The molecule has 1 aromatic rings. The molecule has 0 radical (unpaired) electrons. The first-order chi connectivity index (χ1) is 6.56. The maximum absolute atomic E-state index is 10.5. The number of nitrogens with zero attached hydrogens (tertiary/aromatic N) is 3. The molecular formula is C7H11N5O2. The van der Waals surface area contributed by atoms with Crippen molar-refractivity contribution in [1.82, 2.24) is 9.97 Å². The van der Waals surface area contributed by atoms with Gasteiger partial charge in [-0.25, -0.2) is 4.98 Å². The predicted octanol–water partition coefficient (Wildman–Crippen LogP) is 0.707. The minimum atomic E-state index is -0.583. The maximum Gasteiger partial charge on any atom is 0.332 e. The Morgan fingerprint density at radius 2 is 2.21 bits per heavy atom. The van der Waals surface area contributed by atoms with Gasteiger partial charge in [0.15, 0.2) is 0 Å². The highest BCUT2D eigenvalue weighted by molar-refractivity contribution is 5.57. The second kappa shape index (κ2) is 3.86. The average Bonchev–Trinajstić information content (AvgIpc) is 2.01. The lowest BCUT2D eigenvalue weighted by Gasteiger charge is -2.04. The molecule has 0 fully saturated rings. The molecule has 0 saturated heterocycles. The van der Waals surface area contributed by atoms with E-state index in [0.29, 0.717) is 12.5 Å². The molecule has 0 unspecified atom stereocenters. The summed E-state index contributed by atoms with van der Waals surface area (Å²) in [5, 5.41) is 13.4. The van der Waals surface area contributed by atoms with Crippen molar-refractivity contribution in [1.29, 1.82) is 0 Å². The molecular weight excluding hydrogens is 186 g/mol. The van der Waals surface area contributed by atoms with E-state index < -0.39 is 4.92 Å². The van der Waals surface area contributed by atoms with E-state index in [2.05, 4.69) is 15.3 Å². The highest BCUT2D eigenvalue weighted by Gasteiger charge is 2.19. The Balaban J connectivity index is 3.18. The molecule has 0 amide bonds. The summed E-state index contributed by atoms with van der Waals surface area (Å²) in [7, 11) is 0. The van der Waals surface area contributed by atoms with E-state index in [-0.39, 0.29) is 17.2 Å². The zero-order valence-corrected chi connectivity index (χ0v) is 7.94. The standard InChI is InChI=1S/C7H11N5O2/c1-3-9-7-10-4(2)5(12(13)14)6(8)11-7/h3H2,1-2H3,(H3,8,9,10,11). The Morgan fingerprint density at radius 3 is 2.64 bits per heavy atom. The van der Waals surface area contributed by atoms with Crippen molar-refractivity contribution in [3.05, 3.63) is 15.8 Å². The van der Waals surface area contributed by atoms with E-state index in [0.717, 1.165) is 0 Å². The summed E-state index contributed by atoms with van der Waals surface area (Å²) in [6.45, 7) is 4.03. The van der Waals surface area contributed by atoms with Crippen LogP contribution in [0.3, 0.4) is 0 Å². The van der Waals surface area contributed by atoms with Crippen molar-refractivity contribution in [3.63, 3.8) is 0 Å². The van der Waals surface area contributed by atoms with Crippen molar-refractivity contribution in [2.24, 2.45) is 0 Å². The molecule has 1 aromatic heterocycles. The van der Waals surface area contributed by atoms with E-state index in [1.807, 2.05) is 6.92 Å². The third-order valence-electron chi connectivity index (χ3n) is 1.60. The Morgan fingerprint density at radius 1 is 1.57 bits per heavy atom. The van der Waals surface area contributed by atoms with E-state index >= 15 is 0 Å². The lowest BCUT2D eigenvalue weighted by atomic mass is 10.3. The van der Waals surface area contributed by atoms with Crippen LogP contribution >= 0.6 is 0 Å². The van der Waals surface area contributed by atoms with Gasteiger partial charge >= 0.3 is 5.69 Å². The fourth-order valence-electron chi connectivity index (χ4n) is 1.05. The van der Waals surface area contributed by atoms with Gasteiger partial charge < -0.3 is 11.1 Å². The van der Waals surface area contributed by atoms with Gasteiger partial charge in [-0.1, -0.05) is 0 Å². The minimum absolute atomic E-state index is 0.113. The van der Waals surface area contributed by atoms with Crippen LogP contribution in [0.4, 0.5) is 17.5 Å². The molecule has 7 heteroatoms. The summed E-state index contributed by atoms with van der Waals surface area (Å²) < 4.78 is 0. The highest BCUT2D eigenvalue weighted by Crippen LogP contribution is 2.23. The maximum atomic E-state index is 10.5. The lowest BCUT2D eigenvalue weighted by molar-refractivity contribution is -0.385. The average molecular weight is 197 g/mol. The normalized spacial score (nSPS) is 9.86. The summed E-state index contributed by atoms with van der Waals surface area (Å²) in [4.78, 5) is 17.6. The number of anilines is 2. The van der Waals surface area contributed by atoms with Crippen molar-refractivity contribution < 1.29 is 4.92 Å². The number of hydrogen-bond donors (Lipinski definition) is 2. The number of rotatable bonds is 3. The van der Waals surface area contributed by atoms with Gasteiger partial charge in [-0.15, -0.1) is 0 Å². The molecule has 76 valence electrons. The summed E-state index contributed by atoms with van der Waals surface area (Å²) in [6.07, 6.45) is 0. The molecule has 0 aliphatic carbocycles. The Hall–Kier alpha value is -1.92. The molecule has 0 bridgehead atoms. The second-order valence-corrected chi connectivity index (χ2v) is 2.65. The monoisotopic (exact) mass is 197 g/mol. The Kier molecular flexibility index (Phi) is 2.80. The number of aromatic nitrogens is 2. The van der Waals surface area contributed by atoms with Gasteiger partial charge in [-0.05, 0) is 13.8 Å². The van der Waals surface area contributed by atoms with Crippen LogP contribution in [-0.2, 0) is 0 Å². The van der Waals surface area contributed by atoms with Gasteiger partial charge in [-0.3, -0.25) is 10.1 Å². The van der Waals surface area contributed by atoms with Crippen molar-refractivity contribution >= 4 is 17.5 Å². The molecule has 1 heterocycles. The fourth-order valence-corrected chi connectivity index (χ4v) is 1.05. The van der Waals surface area contributed by atoms with E-state index in [1.165, 1.54) is 6.92 Å². The summed E-state index contributed by atoms with van der Waals surface area (Å²) in [5.74, 6) is 0.201. The SMILES string of the molecule is CCNc1nc(C)c([N+](=O)[O-])c(N)n1. The van der Waals surface area contributed by atoms with Gasteiger partial charge in [0.05, 0.1) is 4.92 Å². The minimum Gasteiger partial charge on any atom is -0.378 e. The van der Waals surface area contributed by atoms with Gasteiger partial charge in [-0.2, -0.15) is 4.98 Å². The number of nitrogens with two attached hydrogens (primary N) is 1. The van der Waals surface area contributed by atoms with Gasteiger partial charge in [0, 0.05) is 6.54 Å². The van der Waals surface area contributed by atoms with E-state index in [1.54, 1.807) is 0 Å². The fraction of sp³-hybridized carbons (Fsp3) is 0.429. The summed E-state index contributed by atoms with van der Waals surface area (Å²) >= 11 is 0. The summed E-state index contributed by atoms with van der Waals surface area (Å²) in [5.41, 5.74) is 5.45. The molecule has 0 saturated carbocycles. The molecule has 0 aliphatic heterocycles. The van der Waals surface area contributed by atoms with Crippen LogP contribution in [0.5, 0.6) is 0 Å². The van der Waals surface area contributed by atoms with Crippen LogP contribution in [-0.4, -0.2) is 21.4 Å². The van der Waals surface area contributed by atoms with Crippen LogP contribution in [0.25, 0.3) is 0 Å². The van der Waals surface area contributed by atoms with E-state index in [4.69, 9.17) is 5.73 Å². The Bertz CT molecular complexity index is 342. The van der Waals surface area contributed by atoms with Crippen LogP contribution in [0.2, 0.25) is 0 Å². The molecule has 7 nitrogen and oxygen atoms in total. The van der Waals surface area contributed by atoms with Crippen LogP contribution in [0.15, 0.2) is 0 Å². The first-order valence-electron chi connectivity index (χ1n) is 4.08. The quantitative estimate of drug-likeness (QED) is 0.545. The first-order valence-corrected chi connectivity index (χ1v) is 4.08. The second-order valence-electron chi connectivity index (χ2n) is 2.65. The number of aryl methyl sites for hydroxylation is 1. The number of hydrogen-bond acceptors (Lipinski definition) is 6. The molecule has 0 spiro atoms. The highest BCUT2D eigenvalue weighted by atomic mass is 16.6. The topological polar surface area (TPSA) is 107 Å². The molecule has 0 atom stereocenters. The van der Waals surface area contributed by atoms with Crippen molar-refractivity contribution in [2.45, 2.75) is 13.8 Å². The first kappa shape index (κ1) is 10.2. The predicted molar refractivity (Wildman–Crippen MR) is 52.0 cm³/mol. The zero-order chi connectivity index (χ0) is 10.7. The number of nitro groups is 1. The third kappa shape index (κ3) is 1.87. The Labute approximate surface area is 80.5 Å². The smallest absolute Gasteiger partial charge is 0.332 e. The van der Waals surface area contributed by atoms with Crippen LogP contribution in [0, 0.1) is 17.0 Å². The number of nitrogens with one attached hydrogen (secondary N) is 1. The largest absolute Gasteiger partial charge is 0.378 e. The van der Waals surface area contributed by atoms with Crippen molar-refractivity contribution in [2.75, 3.05) is 17.6 Å². The zero-order valence-electron chi connectivity index (χ0n) is 7.94. The molecule has 0 aromatic carbocycles. The van der Waals surface area contributed by atoms with E-state index in [9.17, 15) is 10.1 Å². The molecule has 14 heavy (non-hydrogen) atoms. The molecule has 0 aliphatic rings. The van der Waals surface area contributed by atoms with Crippen LogP contribution < -0.4 is 11.1 Å². The number of nitrogen functional groups attached to an aromatic ring is 1. The molecule has 1 rings (SSSR count). The third-order valence-corrected chi connectivity index (χ3v) is 1.60. The molecule has 3 N–H and O–H groups in total. The summed E-state index contributed by atoms with van der Waals surface area (Å²) in [6, 6.07) is 0. The van der Waals surface area contributed by atoms with Crippen LogP contribution in [0.1, 0.15) is 12.6 Å². The van der Waals surface area contributed by atoms with Gasteiger partial charge in [0.25, 0.3) is 0 Å². The van der Waals surface area contributed by atoms with Gasteiger partial charge in [0.2, 0.25) is 11.8 Å². The van der Waals surface area contributed by atoms with Gasteiger partial charge in [0.1, 0.15) is 5.69 Å². The lowest BCUT2D eigenvalue weighted by Crippen LogP contribution is -2.08. The van der Waals surface area contributed by atoms with Crippen molar-refractivity contribution in [3.8, 4) is 0 Å².